The molecule has 0 unspecified atom stereocenters. The second-order valence-corrected chi connectivity index (χ2v) is 25.8. The number of nitrogens with zero attached hydrogens (tertiary/aromatic N) is 2. The Labute approximate surface area is 548 Å². The number of aryl methyl sites for hydroxylation is 1. The van der Waals surface area contributed by atoms with Gasteiger partial charge in [0.2, 0.25) is 11.8 Å². The highest BCUT2D eigenvalue weighted by Gasteiger charge is 2.64. The molecule has 5 rings (SSSR count). The molecule has 0 saturated carbocycles. The van der Waals surface area contributed by atoms with Crippen LogP contribution in [-0.2, 0) is 65.3 Å². The summed E-state index contributed by atoms with van der Waals surface area (Å²) in [5.41, 5.74) is 4.95. The number of allylic oxidation sites excluding steroid dienone is 3. The zero-order chi connectivity index (χ0) is 66.9. The lowest BCUT2D eigenvalue weighted by atomic mass is 9.83. The average Bonchev–Trinajstić information content (AvgIpc) is 1.57. The molecule has 4 bridgehead atoms. The maximum atomic E-state index is 14.5. The Morgan fingerprint density at radius 1 is 1.00 bits per heavy atom. The number of unbranched alkanes of at least 4 members (excludes halogenated alkanes) is 2. The number of esters is 2. The number of Topliss-reactive ketones (excluding diaryl/α,β-unsaturated/α-hetero) is 2. The van der Waals surface area contributed by atoms with Crippen LogP contribution < -0.4 is 31.9 Å². The number of epoxide rings is 1. The van der Waals surface area contributed by atoms with Crippen molar-refractivity contribution in [2.75, 3.05) is 57.0 Å². The van der Waals surface area contributed by atoms with Crippen molar-refractivity contribution in [3.8, 4) is 0 Å². The molecular formula is C64H88Br2ClN7O16. The zero-order valence-electron chi connectivity index (χ0n) is 53.2. The molecule has 23 nitrogen and oxygen atoms in total. The lowest BCUT2D eigenvalue weighted by molar-refractivity contribution is -0.158. The largest absolute Gasteiger partial charge is 0.465 e. The van der Waals surface area contributed by atoms with Gasteiger partial charge in [-0.15, -0.1) is 0 Å². The van der Waals surface area contributed by atoms with E-state index in [-0.39, 0.29) is 85.5 Å². The molecule has 0 radical (unpaired) electrons. The number of alkyl carbamates (subject to hydrolysis) is 1. The van der Waals surface area contributed by atoms with Crippen molar-refractivity contribution >= 4 is 108 Å². The molecule has 26 heteroatoms. The van der Waals surface area contributed by atoms with Crippen LogP contribution >= 0.6 is 43.5 Å². The number of nitrogens with two attached hydrogens (primary N) is 1. The Kier molecular flexibility index (Phi) is 28.0. The SMILES string of the molecule is CNC(=O)c1cc(C(=O)N(C)[C@@H](C)C(=O)O[C@H]2CC(=O)N(C)c3cc(cc(C)c3Cl)C/C(C)=C/C=C/[C@@H](OC)[C@@]3(O)C[C@H](OC(=O)N3)[C@@H](C)[C@@H]3O[C@@]23C)ccc1CC(=O)[C@H](CCCNC(N)=O)NC(=O)[C@@H](CC(=O)CCCCCOC(=O)C(CBr)CBr)C(C)C. The number of hydrogen-bond acceptors (Lipinski definition) is 16. The fourth-order valence-corrected chi connectivity index (χ4v) is 12.9. The van der Waals surface area contributed by atoms with Gasteiger partial charge in [0.1, 0.15) is 35.7 Å². The predicted molar refractivity (Wildman–Crippen MR) is 344 cm³/mol. The minimum Gasteiger partial charge on any atom is -0.465 e. The Balaban J connectivity index is 1.36. The van der Waals surface area contributed by atoms with E-state index < -0.39 is 120 Å². The lowest BCUT2D eigenvalue weighted by Gasteiger charge is -2.42. The maximum absolute atomic E-state index is 14.5. The fourth-order valence-electron chi connectivity index (χ4n) is 11.1. The highest BCUT2D eigenvalue weighted by atomic mass is 79.9. The van der Waals surface area contributed by atoms with Crippen LogP contribution in [0.3, 0.4) is 0 Å². The van der Waals surface area contributed by atoms with Crippen LogP contribution in [0, 0.1) is 30.6 Å². The van der Waals surface area contributed by atoms with Gasteiger partial charge in [-0.05, 0) is 107 Å². The van der Waals surface area contributed by atoms with Crippen LogP contribution in [0.2, 0.25) is 5.02 Å². The van der Waals surface area contributed by atoms with E-state index in [0.717, 1.165) is 16.0 Å². The average molecular weight is 1410 g/mol. The van der Waals surface area contributed by atoms with Crippen molar-refractivity contribution in [2.45, 2.75) is 167 Å². The number of primary amides is 1. The summed E-state index contributed by atoms with van der Waals surface area (Å²) in [5.74, 6) is -6.39. The molecule has 3 aliphatic rings. The number of benzene rings is 2. The van der Waals surface area contributed by atoms with E-state index >= 15 is 0 Å². The van der Waals surface area contributed by atoms with Crippen LogP contribution in [0.1, 0.15) is 137 Å². The van der Waals surface area contributed by atoms with Crippen LogP contribution in [0.4, 0.5) is 15.3 Å². The molecule has 90 heavy (non-hydrogen) atoms. The first-order chi connectivity index (χ1) is 42.4. The summed E-state index contributed by atoms with van der Waals surface area (Å²) in [5, 5.41) is 23.6. The summed E-state index contributed by atoms with van der Waals surface area (Å²) in [6.45, 7) is 12.4. The number of ketones is 2. The molecule has 3 heterocycles. The summed E-state index contributed by atoms with van der Waals surface area (Å²) >= 11 is 13.5. The minimum atomic E-state index is -1.92. The summed E-state index contributed by atoms with van der Waals surface area (Å²) in [4.78, 5) is 138. The Bertz CT molecular complexity index is 3030. The number of aliphatic hydroxyl groups is 1. The smallest absolute Gasteiger partial charge is 0.409 e. The number of carbonyl (C=O) groups excluding carboxylic acids is 10. The topological polar surface area (TPSA) is 321 Å². The van der Waals surface area contributed by atoms with Crippen molar-refractivity contribution in [1.29, 1.82) is 0 Å². The fraction of sp³-hybridized carbons (Fsp3) is 0.594. The second-order valence-electron chi connectivity index (χ2n) is 24.1. The highest BCUT2D eigenvalue weighted by molar-refractivity contribution is 9.09. The molecule has 0 spiro atoms. The van der Waals surface area contributed by atoms with Gasteiger partial charge in [0, 0.05) is 94.1 Å². The third kappa shape index (κ3) is 19.9. The van der Waals surface area contributed by atoms with Crippen LogP contribution in [-0.4, -0.2) is 169 Å². The van der Waals surface area contributed by atoms with Crippen molar-refractivity contribution in [1.82, 2.24) is 26.2 Å². The van der Waals surface area contributed by atoms with Gasteiger partial charge in [0.25, 0.3) is 11.8 Å². The number of amides is 7. The van der Waals surface area contributed by atoms with Crippen molar-refractivity contribution in [3.63, 3.8) is 0 Å². The number of urea groups is 1. The van der Waals surface area contributed by atoms with Gasteiger partial charge in [0.05, 0.1) is 41.8 Å². The minimum absolute atomic E-state index is 0.0474. The standard InChI is InChI=1S/C64H88Br2ClN7O16/c1-35(2)45(30-44(75)18-13-12-14-24-87-60(82)43(33-65)34-66)57(79)71-47(19-16-23-70-61(68)83)49(76)29-41-21-22-42(28-46(41)56(78)69-8)58(80)73(9)39(6)59(81)89-52-31-53(77)74(10)48-27-40(26-37(4)54(48)67)25-36(3)17-15-20-51(86-11)64(85)32-50(88-62(84)72-64)38(5)55-63(52,7)90-55/h15,17,20-22,26-28,35,38-39,43,45,47,50-52,55,85H,12-14,16,18-19,23-25,29-34H2,1-11H3,(H,69,78)(H,71,79)(H,72,84)(H3,68,70,83)/b20-15+,36-17+/t38-,39+,45+,47+,50+,51-,52+,55+,63+,64+/m1/s1. The second kappa shape index (κ2) is 33.9. The molecule has 2 aromatic rings. The molecule has 7 amide bonds. The van der Waals surface area contributed by atoms with E-state index in [0.29, 0.717) is 52.6 Å². The highest BCUT2D eigenvalue weighted by Crippen LogP contribution is 2.49. The number of alkyl halides is 2. The van der Waals surface area contributed by atoms with Crippen molar-refractivity contribution in [2.24, 2.45) is 29.4 Å². The van der Waals surface area contributed by atoms with Gasteiger partial charge in [-0.25, -0.2) is 14.4 Å². The van der Waals surface area contributed by atoms with Gasteiger partial charge in [-0.1, -0.05) is 100 Å². The predicted octanol–water partition coefficient (Wildman–Crippen LogP) is 7.27. The van der Waals surface area contributed by atoms with Crippen LogP contribution in [0.25, 0.3) is 0 Å². The number of anilines is 1. The van der Waals surface area contributed by atoms with Crippen LogP contribution in [0.15, 0.2) is 54.1 Å². The Morgan fingerprint density at radius 2 is 1.70 bits per heavy atom. The number of carbonyl (C=O) groups is 10. The van der Waals surface area contributed by atoms with E-state index in [1.165, 1.54) is 51.2 Å². The lowest BCUT2D eigenvalue weighted by Crippen LogP contribution is -2.63. The zero-order valence-corrected chi connectivity index (χ0v) is 57.1. The third-order valence-electron chi connectivity index (χ3n) is 17.0. The van der Waals surface area contributed by atoms with Gasteiger partial charge >= 0.3 is 24.1 Å². The molecule has 0 aliphatic carbocycles. The summed E-state index contributed by atoms with van der Waals surface area (Å²) in [7, 11) is 5.68. The maximum Gasteiger partial charge on any atom is 0.409 e. The van der Waals surface area contributed by atoms with E-state index in [1.54, 1.807) is 53.0 Å². The van der Waals surface area contributed by atoms with Crippen molar-refractivity contribution < 1.29 is 76.7 Å². The molecule has 2 saturated heterocycles. The monoisotopic (exact) mass is 1400 g/mol. The van der Waals surface area contributed by atoms with Crippen LogP contribution in [0.5, 0.6) is 0 Å². The number of likely N-dealkylation sites (N-methyl/N-ethyl adjacent to an activating group) is 1. The third-order valence-corrected chi connectivity index (χ3v) is 19.0. The first-order valence-electron chi connectivity index (χ1n) is 30.2. The molecule has 2 fully saturated rings. The van der Waals surface area contributed by atoms with Gasteiger partial charge < -0.3 is 60.3 Å². The van der Waals surface area contributed by atoms with E-state index in [4.69, 9.17) is 41.0 Å². The van der Waals surface area contributed by atoms with Gasteiger partial charge in [0.15, 0.2) is 11.5 Å². The first-order valence-corrected chi connectivity index (χ1v) is 32.9. The Morgan fingerprint density at radius 3 is 2.34 bits per heavy atom. The molecule has 7 N–H and O–H groups in total. The number of methoxy groups -OCH3 is 1. The van der Waals surface area contributed by atoms with E-state index in [1.807, 2.05) is 26.0 Å². The number of ether oxygens (including phenoxy) is 5. The Hall–Kier alpha value is -6.25. The molecule has 10 atom stereocenters. The number of rotatable bonds is 27. The van der Waals surface area contributed by atoms with Gasteiger partial charge in [-0.2, -0.15) is 0 Å². The normalized spacial score (nSPS) is 23.7. The molecule has 2 aromatic carbocycles. The molecule has 3 aliphatic heterocycles. The summed E-state index contributed by atoms with van der Waals surface area (Å²) < 4.78 is 29.4. The summed E-state index contributed by atoms with van der Waals surface area (Å²) in [6.07, 6.45) is 1.79. The molecule has 496 valence electrons. The first kappa shape index (κ1) is 74.5. The molecular weight excluding hydrogens is 1320 g/mol. The van der Waals surface area contributed by atoms with Crippen molar-refractivity contribution in [3.05, 3.63) is 87.0 Å². The quantitative estimate of drug-likeness (QED) is 0.0168. The van der Waals surface area contributed by atoms with Gasteiger partial charge in [-0.3, -0.25) is 38.9 Å². The van der Waals surface area contributed by atoms with E-state index in [9.17, 15) is 53.1 Å². The number of nitrogens with one attached hydrogen (secondary N) is 4. The van der Waals surface area contributed by atoms with E-state index in [2.05, 4.69) is 53.1 Å². The summed E-state index contributed by atoms with van der Waals surface area (Å²) in [6, 6.07) is 4.56. The number of hydrogen-bond donors (Lipinski definition) is 6. The number of fused-ring (bicyclic) bond motifs is 5. The molecule has 0 aromatic heterocycles. The number of halogens is 3.